The van der Waals surface area contributed by atoms with Gasteiger partial charge in [-0.3, -0.25) is 9.78 Å². The van der Waals surface area contributed by atoms with E-state index in [2.05, 4.69) is 62.8 Å². The molecule has 4 heterocycles. The number of rotatable bonds is 6. The van der Waals surface area contributed by atoms with Gasteiger partial charge in [0.1, 0.15) is 0 Å². The van der Waals surface area contributed by atoms with E-state index in [9.17, 15) is 4.79 Å². The van der Waals surface area contributed by atoms with E-state index in [0.717, 1.165) is 67.2 Å². The largest absolute Gasteiger partial charge is 0.477 e. The predicted octanol–water partition coefficient (Wildman–Crippen LogP) is 4.78. The summed E-state index contributed by atoms with van der Waals surface area (Å²) in [6, 6.07) is 9.94. The SMILES string of the molecule is Cc1cc2cc(n1)-c1cnn(C)c1OCCC[C@@H](C1CC1)CN1/C(=N/C2=O)Nc2ccc(NCCCN(C)C)cc21. The van der Waals surface area contributed by atoms with E-state index in [4.69, 9.17) is 9.72 Å². The summed E-state index contributed by atoms with van der Waals surface area (Å²) in [5.74, 6) is 2.12. The Labute approximate surface area is 241 Å². The maximum Gasteiger partial charge on any atom is 0.280 e. The van der Waals surface area contributed by atoms with Gasteiger partial charge in [0.2, 0.25) is 11.8 Å². The lowest BCUT2D eigenvalue weighted by Gasteiger charge is -2.26. The molecule has 1 aromatic carbocycles. The number of nitrogens with zero attached hydrogens (tertiary/aromatic N) is 6. The molecule has 1 saturated carbocycles. The van der Waals surface area contributed by atoms with E-state index in [0.29, 0.717) is 41.5 Å². The number of hydrogen-bond acceptors (Lipinski definition) is 8. The Balaban J connectivity index is 1.35. The molecule has 216 valence electrons. The zero-order valence-electron chi connectivity index (χ0n) is 24.5. The molecule has 10 heteroatoms. The van der Waals surface area contributed by atoms with E-state index in [1.165, 1.54) is 12.8 Å². The van der Waals surface area contributed by atoms with Gasteiger partial charge >= 0.3 is 0 Å². The van der Waals surface area contributed by atoms with Gasteiger partial charge in [-0.15, -0.1) is 0 Å². The molecule has 10 nitrogen and oxygen atoms in total. The van der Waals surface area contributed by atoms with Gasteiger partial charge in [-0.2, -0.15) is 10.1 Å². The first-order chi connectivity index (χ1) is 19.9. The van der Waals surface area contributed by atoms with Gasteiger partial charge in [-0.25, -0.2) is 4.68 Å². The molecule has 3 aliphatic rings. The number of aliphatic imine (C=N–C) groups is 1. The number of hydrogen-bond donors (Lipinski definition) is 2. The molecule has 1 atom stereocenters. The Morgan fingerprint density at radius 2 is 2.00 bits per heavy atom. The number of aryl methyl sites for hydroxylation is 2. The Morgan fingerprint density at radius 3 is 2.80 bits per heavy atom. The molecule has 41 heavy (non-hydrogen) atoms. The Hall–Kier alpha value is -3.92. The third kappa shape index (κ3) is 6.07. The minimum absolute atomic E-state index is 0.303. The fraction of sp³-hybridized carbons (Fsp3) is 0.484. The van der Waals surface area contributed by atoms with Gasteiger partial charge in [-0.05, 0) is 102 Å². The number of amides is 1. The van der Waals surface area contributed by atoms with Crippen LogP contribution >= 0.6 is 0 Å². The smallest absolute Gasteiger partial charge is 0.280 e. The van der Waals surface area contributed by atoms with E-state index in [1.54, 1.807) is 23.0 Å². The number of fused-ring (bicyclic) bond motifs is 7. The van der Waals surface area contributed by atoms with Crippen molar-refractivity contribution >= 4 is 28.9 Å². The van der Waals surface area contributed by atoms with Crippen molar-refractivity contribution < 1.29 is 9.53 Å². The van der Waals surface area contributed by atoms with Crippen LogP contribution in [0.4, 0.5) is 17.1 Å². The highest BCUT2D eigenvalue weighted by Gasteiger charge is 2.36. The number of carbonyl (C=O) groups is 1. The third-order valence-electron chi connectivity index (χ3n) is 8.13. The number of carbonyl (C=O) groups excluding carboxylic acids is 1. The van der Waals surface area contributed by atoms with Crippen molar-refractivity contribution in [1.82, 2.24) is 19.7 Å². The Morgan fingerprint density at radius 1 is 1.15 bits per heavy atom. The number of nitrogens with one attached hydrogen (secondary N) is 2. The summed E-state index contributed by atoms with van der Waals surface area (Å²) in [6.45, 7) is 5.23. The number of anilines is 3. The normalized spacial score (nSPS) is 20.1. The average Bonchev–Trinajstić information content (AvgIpc) is 3.65. The molecule has 0 spiro atoms. The van der Waals surface area contributed by atoms with Gasteiger partial charge < -0.3 is 25.2 Å². The van der Waals surface area contributed by atoms with Gasteiger partial charge in [-0.1, -0.05) is 0 Å². The molecular formula is C31H40N8O2. The second kappa shape index (κ2) is 11.5. The molecule has 2 aliphatic heterocycles. The van der Waals surface area contributed by atoms with Crippen LogP contribution in [0.1, 0.15) is 48.2 Å². The standard InChI is InChI=1S/C31H40N8O2/c1-20-15-23-16-27(34-20)25-18-33-38(4)30(25)41-14-5-7-22(21-8-9-21)19-39-28-17-24(32-12-6-13-37(2)3)10-11-26(28)35-31(39)36-29(23)40/h10-11,15-18,21-22,32H,5-9,12-14,19H2,1-4H3,(H,35,36,40)/t22-/m1/s1. The zero-order valence-corrected chi connectivity index (χ0v) is 24.5. The first-order valence-electron chi connectivity index (χ1n) is 14.7. The number of aromatic nitrogens is 3. The third-order valence-corrected chi connectivity index (χ3v) is 8.13. The summed E-state index contributed by atoms with van der Waals surface area (Å²) < 4.78 is 8.01. The number of guanidine groups is 1. The molecule has 1 fully saturated rings. The molecule has 2 N–H and O–H groups in total. The quantitative estimate of drug-likeness (QED) is 0.419. The number of pyridine rings is 1. The summed E-state index contributed by atoms with van der Waals surface area (Å²) in [7, 11) is 6.06. The van der Waals surface area contributed by atoms with Crippen LogP contribution in [-0.2, 0) is 7.05 Å². The molecule has 6 rings (SSSR count). The van der Waals surface area contributed by atoms with Crippen molar-refractivity contribution in [2.45, 2.75) is 39.0 Å². The second-order valence-electron chi connectivity index (χ2n) is 11.7. The van der Waals surface area contributed by atoms with Crippen LogP contribution in [-0.4, -0.2) is 71.9 Å². The van der Waals surface area contributed by atoms with Gasteiger partial charge in [0.15, 0.2) is 0 Å². The summed E-state index contributed by atoms with van der Waals surface area (Å²) in [5.41, 5.74) is 5.78. The summed E-state index contributed by atoms with van der Waals surface area (Å²) in [5, 5.41) is 11.4. The minimum Gasteiger partial charge on any atom is -0.477 e. The van der Waals surface area contributed by atoms with Crippen molar-refractivity contribution in [3.63, 3.8) is 0 Å². The summed E-state index contributed by atoms with van der Waals surface area (Å²) >= 11 is 0. The van der Waals surface area contributed by atoms with Crippen LogP contribution in [0.2, 0.25) is 0 Å². The number of benzene rings is 1. The lowest BCUT2D eigenvalue weighted by Crippen LogP contribution is -2.36. The van der Waals surface area contributed by atoms with Crippen LogP contribution < -0.4 is 20.3 Å². The van der Waals surface area contributed by atoms with Crippen molar-refractivity contribution in [3.05, 3.63) is 47.8 Å². The monoisotopic (exact) mass is 556 g/mol. The molecule has 1 amide bonds. The summed E-state index contributed by atoms with van der Waals surface area (Å²) in [6.07, 6.45) is 7.30. The lowest BCUT2D eigenvalue weighted by molar-refractivity contribution is 0.100. The summed E-state index contributed by atoms with van der Waals surface area (Å²) in [4.78, 5) is 27.4. The van der Waals surface area contributed by atoms with Gasteiger partial charge in [0.05, 0.1) is 35.4 Å². The maximum absolute atomic E-state index is 13.7. The predicted molar refractivity (Wildman–Crippen MR) is 163 cm³/mol. The van der Waals surface area contributed by atoms with Crippen molar-refractivity contribution in [1.29, 1.82) is 0 Å². The van der Waals surface area contributed by atoms with Crippen molar-refractivity contribution in [2.75, 3.05) is 55.9 Å². The maximum atomic E-state index is 13.7. The molecule has 0 unspecified atom stereocenters. The molecule has 0 radical (unpaired) electrons. The van der Waals surface area contributed by atoms with Crippen LogP contribution in [0, 0.1) is 18.8 Å². The molecule has 0 saturated heterocycles. The van der Waals surface area contributed by atoms with Crippen molar-refractivity contribution in [3.8, 4) is 17.1 Å². The van der Waals surface area contributed by atoms with Gasteiger partial charge in [0.25, 0.3) is 5.91 Å². The van der Waals surface area contributed by atoms with Crippen LogP contribution in [0.15, 0.2) is 41.5 Å². The molecular weight excluding hydrogens is 516 g/mol. The van der Waals surface area contributed by atoms with E-state index in [1.807, 2.05) is 14.0 Å². The number of ether oxygens (including phenoxy) is 1. The highest BCUT2D eigenvalue weighted by Crippen LogP contribution is 2.43. The van der Waals surface area contributed by atoms with E-state index >= 15 is 0 Å². The molecule has 2 bridgehead atoms. The first-order valence-corrected chi connectivity index (χ1v) is 14.7. The topological polar surface area (TPSA) is 99.9 Å². The first kappa shape index (κ1) is 27.3. The van der Waals surface area contributed by atoms with Crippen LogP contribution in [0.5, 0.6) is 5.88 Å². The fourth-order valence-corrected chi connectivity index (χ4v) is 5.83. The Kier molecular flexibility index (Phi) is 7.66. The van der Waals surface area contributed by atoms with Crippen LogP contribution in [0.25, 0.3) is 11.3 Å². The highest BCUT2D eigenvalue weighted by atomic mass is 16.5. The zero-order chi connectivity index (χ0) is 28.5. The average molecular weight is 557 g/mol. The highest BCUT2D eigenvalue weighted by molar-refractivity contribution is 6.19. The fourth-order valence-electron chi connectivity index (χ4n) is 5.83. The lowest BCUT2D eigenvalue weighted by atomic mass is 9.97. The van der Waals surface area contributed by atoms with E-state index in [-0.39, 0.29) is 5.91 Å². The molecule has 1 aliphatic carbocycles. The minimum atomic E-state index is -0.303. The van der Waals surface area contributed by atoms with Crippen LogP contribution in [0.3, 0.4) is 0 Å². The Bertz CT molecular complexity index is 1460. The second-order valence-corrected chi connectivity index (χ2v) is 11.7. The molecule has 3 aromatic rings. The van der Waals surface area contributed by atoms with E-state index < -0.39 is 0 Å². The molecule has 2 aromatic heterocycles. The van der Waals surface area contributed by atoms with Gasteiger partial charge in [0, 0.05) is 37.1 Å². The van der Waals surface area contributed by atoms with Crippen molar-refractivity contribution in [2.24, 2.45) is 23.9 Å².